The monoisotopic (exact) mass is 728 g/mol. The first kappa shape index (κ1) is 39.8. The van der Waals surface area contributed by atoms with Crippen LogP contribution in [-0.2, 0) is 46.5 Å². The number of carbonyl (C=O) groups is 3. The third-order valence-corrected chi connectivity index (χ3v) is 8.08. The van der Waals surface area contributed by atoms with Crippen molar-refractivity contribution in [1.82, 2.24) is 0 Å². The number of carboxylic acids is 1. The van der Waals surface area contributed by atoms with E-state index in [2.05, 4.69) is 0 Å². The van der Waals surface area contributed by atoms with Gasteiger partial charge in [-0.25, -0.2) is 4.79 Å². The number of hydrogen-bond acceptors (Lipinski definition) is 18. The molecule has 0 aliphatic carbocycles. The van der Waals surface area contributed by atoms with Crippen molar-refractivity contribution in [2.24, 2.45) is 0 Å². The van der Waals surface area contributed by atoms with Crippen molar-refractivity contribution in [1.29, 1.82) is 0 Å². The zero-order valence-corrected chi connectivity index (χ0v) is 26.8. The molecule has 4 rings (SSSR count). The van der Waals surface area contributed by atoms with Gasteiger partial charge in [0.15, 0.2) is 5.60 Å². The number of aliphatic carboxylic acids is 1. The zero-order chi connectivity index (χ0) is 37.5. The lowest BCUT2D eigenvalue weighted by Crippen LogP contribution is -2.60. The van der Waals surface area contributed by atoms with E-state index < -0.39 is 118 Å². The molecule has 0 aromatic heterocycles. The average Bonchev–Trinajstić information content (AvgIpc) is 3.10. The molecule has 0 unspecified atom stereocenters. The summed E-state index contributed by atoms with van der Waals surface area (Å²) in [5.74, 6) is -3.89. The maximum Gasteiger partial charge on any atom is 0.339 e. The molecule has 11 atom stereocenters. The van der Waals surface area contributed by atoms with Gasteiger partial charge in [0.1, 0.15) is 73.5 Å². The molecule has 0 spiro atoms. The summed E-state index contributed by atoms with van der Waals surface area (Å²) < 4.78 is 31.7. The third-order valence-electron chi connectivity index (χ3n) is 8.08. The first-order valence-electron chi connectivity index (χ1n) is 15.5. The smallest absolute Gasteiger partial charge is 0.339 e. The van der Waals surface area contributed by atoms with Crippen molar-refractivity contribution in [2.75, 3.05) is 13.2 Å². The Morgan fingerprint density at radius 1 is 0.608 bits per heavy atom. The maximum atomic E-state index is 12.8. The Balaban J connectivity index is 1.27. The normalized spacial score (nSPS) is 30.5. The number of carbonyl (C=O) groups excluding carboxylic acids is 2. The highest BCUT2D eigenvalue weighted by molar-refractivity contribution is 5.89. The quantitative estimate of drug-likeness (QED) is 0.0793. The van der Waals surface area contributed by atoms with Crippen molar-refractivity contribution >= 4 is 17.9 Å². The highest BCUT2D eigenvalue weighted by Crippen LogP contribution is 2.27. The topological polar surface area (TPSA) is 309 Å². The minimum absolute atomic E-state index is 0.121. The number of ether oxygens (including phenoxy) is 6. The predicted molar refractivity (Wildman–Crippen MR) is 163 cm³/mol. The largest absolute Gasteiger partial charge is 0.481 e. The van der Waals surface area contributed by atoms with Crippen LogP contribution in [0, 0.1) is 0 Å². The highest BCUT2D eigenvalue weighted by Gasteiger charge is 2.46. The van der Waals surface area contributed by atoms with Crippen molar-refractivity contribution in [3.05, 3.63) is 59.7 Å². The Morgan fingerprint density at radius 2 is 1.02 bits per heavy atom. The van der Waals surface area contributed by atoms with Crippen LogP contribution in [0.25, 0.3) is 0 Å². The summed E-state index contributed by atoms with van der Waals surface area (Å²) in [6.07, 6.45) is -17.2. The van der Waals surface area contributed by atoms with Crippen LogP contribution < -0.4 is 9.47 Å². The van der Waals surface area contributed by atoms with Gasteiger partial charge in [-0.1, -0.05) is 24.3 Å². The molecule has 19 nitrogen and oxygen atoms in total. The summed E-state index contributed by atoms with van der Waals surface area (Å²) in [6, 6.07) is 11.3. The van der Waals surface area contributed by atoms with Crippen LogP contribution >= 0.6 is 0 Å². The Bertz CT molecular complexity index is 1450. The maximum absolute atomic E-state index is 12.8. The van der Waals surface area contributed by atoms with Gasteiger partial charge in [-0.3, -0.25) is 9.59 Å². The van der Waals surface area contributed by atoms with Crippen LogP contribution in [0.1, 0.15) is 24.0 Å². The van der Waals surface area contributed by atoms with Crippen LogP contribution in [0.5, 0.6) is 11.5 Å². The van der Waals surface area contributed by atoms with Gasteiger partial charge in [-0.2, -0.15) is 0 Å². The summed E-state index contributed by atoms with van der Waals surface area (Å²) >= 11 is 0. The van der Waals surface area contributed by atoms with Crippen molar-refractivity contribution in [2.45, 2.75) is 93.1 Å². The second-order valence-corrected chi connectivity index (χ2v) is 11.9. The second kappa shape index (κ2) is 17.5. The van der Waals surface area contributed by atoms with Crippen molar-refractivity contribution in [3.8, 4) is 11.5 Å². The lowest BCUT2D eigenvalue weighted by atomic mass is 9.95. The molecular weight excluding hydrogens is 688 g/mol. The van der Waals surface area contributed by atoms with Crippen molar-refractivity contribution in [3.63, 3.8) is 0 Å². The van der Waals surface area contributed by atoms with Gasteiger partial charge in [0, 0.05) is 0 Å². The number of benzene rings is 2. The molecule has 0 saturated carbocycles. The summed E-state index contributed by atoms with van der Waals surface area (Å²) in [5, 5.41) is 98.7. The Labute approximate surface area is 289 Å². The fourth-order valence-corrected chi connectivity index (χ4v) is 5.12. The molecule has 2 fully saturated rings. The number of aliphatic hydroxyl groups is 9. The number of aliphatic hydroxyl groups excluding tert-OH is 8. The lowest BCUT2D eigenvalue weighted by Gasteiger charge is -2.39. The molecule has 2 heterocycles. The summed E-state index contributed by atoms with van der Waals surface area (Å²) in [5.41, 5.74) is -2.06. The van der Waals surface area contributed by atoms with Gasteiger partial charge in [0.25, 0.3) is 0 Å². The highest BCUT2D eigenvalue weighted by atomic mass is 16.7. The van der Waals surface area contributed by atoms with E-state index in [1.807, 2.05) is 0 Å². The van der Waals surface area contributed by atoms with E-state index in [0.717, 1.165) is 0 Å². The van der Waals surface area contributed by atoms with E-state index in [1.54, 1.807) is 0 Å². The number of hydrogen-bond donors (Lipinski definition) is 10. The van der Waals surface area contributed by atoms with E-state index in [-0.39, 0.29) is 18.1 Å². The summed E-state index contributed by atoms with van der Waals surface area (Å²) in [6.45, 7) is -2.12. The average molecular weight is 729 g/mol. The van der Waals surface area contributed by atoms with E-state index in [0.29, 0.717) is 11.1 Å². The minimum Gasteiger partial charge on any atom is -0.481 e. The number of esters is 2. The molecule has 2 saturated heterocycles. The van der Waals surface area contributed by atoms with Crippen LogP contribution in [0.3, 0.4) is 0 Å². The first-order valence-corrected chi connectivity index (χ1v) is 15.5. The molecule has 2 aliphatic heterocycles. The first-order chi connectivity index (χ1) is 24.1. The second-order valence-electron chi connectivity index (χ2n) is 11.9. The van der Waals surface area contributed by atoms with E-state index in [9.17, 15) is 65.4 Å². The molecular formula is C32H40O19. The molecule has 10 N–H and O–H groups in total. The summed E-state index contributed by atoms with van der Waals surface area (Å²) in [4.78, 5) is 36.8. The molecule has 2 aromatic rings. The van der Waals surface area contributed by atoms with Crippen LogP contribution in [-0.4, -0.2) is 149 Å². The van der Waals surface area contributed by atoms with Gasteiger partial charge in [0.2, 0.25) is 12.6 Å². The number of rotatable bonds is 15. The Hall–Kier alpha value is -3.99. The fraction of sp³-hybridized carbons (Fsp3) is 0.531. The molecule has 0 bridgehead atoms. The number of carboxylic acid groups (broad SMARTS) is 1. The van der Waals surface area contributed by atoms with Gasteiger partial charge < -0.3 is 79.5 Å². The van der Waals surface area contributed by atoms with Crippen LogP contribution in [0.4, 0.5) is 0 Å². The van der Waals surface area contributed by atoms with Gasteiger partial charge in [0.05, 0.1) is 26.1 Å². The fourth-order valence-electron chi connectivity index (χ4n) is 5.12. The van der Waals surface area contributed by atoms with Gasteiger partial charge in [-0.05, 0) is 35.4 Å². The van der Waals surface area contributed by atoms with E-state index >= 15 is 0 Å². The van der Waals surface area contributed by atoms with Crippen LogP contribution in [0.2, 0.25) is 0 Å². The van der Waals surface area contributed by atoms with Crippen molar-refractivity contribution < 1.29 is 93.9 Å². The Morgan fingerprint density at radius 3 is 1.41 bits per heavy atom. The molecule has 19 heteroatoms. The standard InChI is InChI=1S/C32H40O19/c33-11-19-23(38)25(40)27(42)29(50-19)48-17-5-1-15(2-6-17)13-46-22(37)10-32(45,9-21(35)36)31(44)47-14-16-3-7-18(8-4-16)49-30-28(43)26(41)24(39)20(12-34)51-30/h1-8,19-20,23-30,33-34,38-43,45H,9-14H2,(H,35,36)/t19-,20+,23-,24+,25+,26+,27-,28-,29-,30+,32-/m0/s1. The zero-order valence-electron chi connectivity index (χ0n) is 26.8. The predicted octanol–water partition coefficient (Wildman–Crippen LogP) is -3.57. The van der Waals surface area contributed by atoms with Gasteiger partial charge in [-0.15, -0.1) is 0 Å². The minimum atomic E-state index is -2.79. The molecule has 51 heavy (non-hydrogen) atoms. The molecule has 0 radical (unpaired) electrons. The molecule has 2 aromatic carbocycles. The van der Waals surface area contributed by atoms with Crippen LogP contribution in [0.15, 0.2) is 48.5 Å². The molecule has 2 aliphatic rings. The SMILES string of the molecule is O=C(O)C[C@](O)(CC(=O)OCc1ccc(O[C@H]2O[C@@H](CO)[C@H](O)[C@@H](O)[C@@H]2O)cc1)C(=O)OCc1ccc(O[C@@H]2O[C@H](CO)[C@@H](O)[C@@H](O)[C@@H]2O)cc1. The van der Waals surface area contributed by atoms with E-state index in [4.69, 9.17) is 28.4 Å². The Kier molecular flexibility index (Phi) is 13.6. The molecule has 0 amide bonds. The summed E-state index contributed by atoms with van der Waals surface area (Å²) in [7, 11) is 0. The third kappa shape index (κ3) is 10.1. The molecule has 282 valence electrons. The van der Waals surface area contributed by atoms with E-state index in [1.165, 1.54) is 48.5 Å². The van der Waals surface area contributed by atoms with Gasteiger partial charge >= 0.3 is 17.9 Å². The lowest BCUT2D eigenvalue weighted by molar-refractivity contribution is -0.277.